The minimum Gasteiger partial charge on any atom is -0.482 e. The van der Waals surface area contributed by atoms with Gasteiger partial charge >= 0.3 is 0 Å². The highest BCUT2D eigenvalue weighted by molar-refractivity contribution is 5.82. The third-order valence-corrected chi connectivity index (χ3v) is 5.23. The maximum atomic E-state index is 13.1. The Kier molecular flexibility index (Phi) is 5.30. The van der Waals surface area contributed by atoms with Crippen molar-refractivity contribution in [3.8, 4) is 11.5 Å². The molecule has 2 heterocycles. The largest absolute Gasteiger partial charge is 0.482 e. The average Bonchev–Trinajstić information content (AvgIpc) is 2.93. The van der Waals surface area contributed by atoms with Crippen LogP contribution in [0.4, 0.5) is 0 Å². The van der Waals surface area contributed by atoms with Crippen molar-refractivity contribution in [1.29, 1.82) is 0 Å². The van der Waals surface area contributed by atoms with E-state index in [9.17, 15) is 4.79 Å². The van der Waals surface area contributed by atoms with Crippen LogP contribution in [-0.2, 0) is 11.3 Å². The molecule has 1 saturated heterocycles. The number of rotatable bonds is 3. The van der Waals surface area contributed by atoms with E-state index in [2.05, 4.69) is 29.2 Å². The number of benzene rings is 2. The van der Waals surface area contributed by atoms with Gasteiger partial charge in [-0.05, 0) is 31.0 Å². The first-order valence-electron chi connectivity index (χ1n) is 9.68. The number of fused-ring (bicyclic) bond motifs is 1. The van der Waals surface area contributed by atoms with E-state index in [0.29, 0.717) is 11.5 Å². The molecule has 0 bridgehead atoms. The van der Waals surface area contributed by atoms with Crippen LogP contribution in [0.3, 0.4) is 0 Å². The fourth-order valence-corrected chi connectivity index (χ4v) is 3.76. The van der Waals surface area contributed by atoms with E-state index in [4.69, 9.17) is 9.47 Å². The monoisotopic (exact) mass is 366 g/mol. The van der Waals surface area contributed by atoms with Gasteiger partial charge in [0.05, 0.1) is 0 Å². The minimum atomic E-state index is -0.583. The standard InChI is InChI=1S/C22H26N2O3/c1-17-21(27-20-11-6-5-10-19(20)26-17)22(25)24-13-7-12-23(14-15-24)16-18-8-3-2-4-9-18/h2-6,8-11,17,21H,7,12-16H2,1H3/t17-,21-/m0/s1. The van der Waals surface area contributed by atoms with Crippen LogP contribution in [0.1, 0.15) is 18.9 Å². The first-order valence-corrected chi connectivity index (χ1v) is 9.68. The minimum absolute atomic E-state index is 0.0264. The number of carbonyl (C=O) groups excluding carboxylic acids is 1. The van der Waals surface area contributed by atoms with E-state index < -0.39 is 6.10 Å². The summed E-state index contributed by atoms with van der Waals surface area (Å²) in [5.74, 6) is 1.38. The van der Waals surface area contributed by atoms with Crippen LogP contribution in [0.25, 0.3) is 0 Å². The molecule has 5 nitrogen and oxygen atoms in total. The van der Waals surface area contributed by atoms with Gasteiger partial charge in [-0.3, -0.25) is 9.69 Å². The zero-order valence-corrected chi connectivity index (χ0v) is 15.7. The number of hydrogen-bond donors (Lipinski definition) is 0. The topological polar surface area (TPSA) is 42.0 Å². The van der Waals surface area contributed by atoms with E-state index in [0.717, 1.165) is 39.1 Å². The van der Waals surface area contributed by atoms with Gasteiger partial charge in [-0.25, -0.2) is 0 Å². The number of ether oxygens (including phenoxy) is 2. The van der Waals surface area contributed by atoms with Gasteiger partial charge in [0.2, 0.25) is 6.10 Å². The molecule has 0 N–H and O–H groups in total. The number of nitrogens with zero attached hydrogens (tertiary/aromatic N) is 2. The molecule has 0 aliphatic carbocycles. The third kappa shape index (κ3) is 4.08. The van der Waals surface area contributed by atoms with Crippen molar-refractivity contribution in [2.75, 3.05) is 26.2 Å². The zero-order valence-electron chi connectivity index (χ0n) is 15.7. The number of carbonyl (C=O) groups is 1. The van der Waals surface area contributed by atoms with Gasteiger partial charge in [0.15, 0.2) is 11.5 Å². The Labute approximate surface area is 160 Å². The molecule has 0 spiro atoms. The van der Waals surface area contributed by atoms with Crippen LogP contribution < -0.4 is 9.47 Å². The Bertz CT molecular complexity index is 780. The van der Waals surface area contributed by atoms with Gasteiger partial charge in [0.25, 0.3) is 5.91 Å². The molecule has 0 aromatic heterocycles. The fourth-order valence-electron chi connectivity index (χ4n) is 3.76. The molecule has 0 unspecified atom stereocenters. The summed E-state index contributed by atoms with van der Waals surface area (Å²) < 4.78 is 11.9. The molecule has 2 aliphatic heterocycles. The maximum absolute atomic E-state index is 13.1. The number of para-hydroxylation sites is 2. The lowest BCUT2D eigenvalue weighted by atomic mass is 10.1. The van der Waals surface area contributed by atoms with Crippen LogP contribution in [0.5, 0.6) is 11.5 Å². The lowest BCUT2D eigenvalue weighted by Gasteiger charge is -2.34. The summed E-state index contributed by atoms with van der Waals surface area (Å²) in [6.45, 7) is 6.18. The first-order chi connectivity index (χ1) is 13.2. The van der Waals surface area contributed by atoms with Crippen LogP contribution in [-0.4, -0.2) is 54.1 Å². The molecule has 0 radical (unpaired) electrons. The lowest BCUT2D eigenvalue weighted by molar-refractivity contribution is -0.144. The molecule has 27 heavy (non-hydrogen) atoms. The molecular formula is C22H26N2O3. The quantitative estimate of drug-likeness (QED) is 0.838. The Morgan fingerprint density at radius 3 is 2.41 bits per heavy atom. The van der Waals surface area contributed by atoms with E-state index >= 15 is 0 Å². The van der Waals surface area contributed by atoms with Gasteiger partial charge < -0.3 is 14.4 Å². The average molecular weight is 366 g/mol. The molecule has 1 fully saturated rings. The zero-order chi connectivity index (χ0) is 18.6. The fraction of sp³-hybridized carbons (Fsp3) is 0.409. The summed E-state index contributed by atoms with van der Waals surface area (Å²) >= 11 is 0. The molecule has 1 amide bonds. The van der Waals surface area contributed by atoms with Gasteiger partial charge in [-0.1, -0.05) is 42.5 Å². The third-order valence-electron chi connectivity index (χ3n) is 5.23. The highest BCUT2D eigenvalue weighted by Gasteiger charge is 2.37. The summed E-state index contributed by atoms with van der Waals surface area (Å²) in [7, 11) is 0. The van der Waals surface area contributed by atoms with Gasteiger partial charge in [0, 0.05) is 32.7 Å². The summed E-state index contributed by atoms with van der Waals surface area (Å²) in [6.07, 6.45) is 0.0913. The molecule has 2 aliphatic rings. The maximum Gasteiger partial charge on any atom is 0.267 e. The Hall–Kier alpha value is -2.53. The Morgan fingerprint density at radius 1 is 0.926 bits per heavy atom. The van der Waals surface area contributed by atoms with Gasteiger partial charge in [0.1, 0.15) is 6.10 Å². The van der Waals surface area contributed by atoms with Gasteiger partial charge in [-0.2, -0.15) is 0 Å². The second-order valence-corrected chi connectivity index (χ2v) is 7.25. The van der Waals surface area contributed by atoms with Crippen molar-refractivity contribution in [3.63, 3.8) is 0 Å². The predicted octanol–water partition coefficient (Wildman–Crippen LogP) is 2.95. The predicted molar refractivity (Wildman–Crippen MR) is 104 cm³/mol. The molecule has 2 atom stereocenters. The number of hydrogen-bond acceptors (Lipinski definition) is 4. The van der Waals surface area contributed by atoms with Gasteiger partial charge in [-0.15, -0.1) is 0 Å². The van der Waals surface area contributed by atoms with Crippen molar-refractivity contribution in [1.82, 2.24) is 9.80 Å². The van der Waals surface area contributed by atoms with Crippen molar-refractivity contribution in [2.45, 2.75) is 32.1 Å². The summed E-state index contributed by atoms with van der Waals surface area (Å²) in [6, 6.07) is 18.0. The first kappa shape index (κ1) is 17.9. The van der Waals surface area contributed by atoms with Crippen molar-refractivity contribution in [3.05, 3.63) is 60.2 Å². The molecular weight excluding hydrogens is 340 g/mol. The molecule has 5 heteroatoms. The number of amides is 1. The van der Waals surface area contributed by atoms with E-state index in [-0.39, 0.29) is 12.0 Å². The van der Waals surface area contributed by atoms with E-state index in [1.807, 2.05) is 42.2 Å². The lowest BCUT2D eigenvalue weighted by Crippen LogP contribution is -2.51. The highest BCUT2D eigenvalue weighted by atomic mass is 16.6. The van der Waals surface area contributed by atoms with Crippen LogP contribution in [0.2, 0.25) is 0 Å². The summed E-state index contributed by atoms with van der Waals surface area (Å²) in [5.41, 5.74) is 1.31. The Morgan fingerprint density at radius 2 is 1.63 bits per heavy atom. The molecule has 2 aromatic carbocycles. The van der Waals surface area contributed by atoms with Crippen LogP contribution in [0.15, 0.2) is 54.6 Å². The van der Waals surface area contributed by atoms with Crippen molar-refractivity contribution >= 4 is 5.91 Å². The second-order valence-electron chi connectivity index (χ2n) is 7.25. The van der Waals surface area contributed by atoms with Crippen molar-refractivity contribution in [2.24, 2.45) is 0 Å². The normalized spacial score (nSPS) is 22.9. The smallest absolute Gasteiger partial charge is 0.267 e. The SMILES string of the molecule is C[C@@H]1Oc2ccccc2O[C@@H]1C(=O)N1CCCN(Cc2ccccc2)CC1. The summed E-state index contributed by atoms with van der Waals surface area (Å²) in [4.78, 5) is 17.4. The van der Waals surface area contributed by atoms with Crippen LogP contribution >= 0.6 is 0 Å². The molecule has 4 rings (SSSR count). The Balaban J connectivity index is 1.38. The highest BCUT2D eigenvalue weighted by Crippen LogP contribution is 2.34. The van der Waals surface area contributed by atoms with E-state index in [1.165, 1.54) is 5.56 Å². The van der Waals surface area contributed by atoms with Crippen molar-refractivity contribution < 1.29 is 14.3 Å². The molecule has 2 aromatic rings. The molecule has 142 valence electrons. The van der Waals surface area contributed by atoms with Crippen LogP contribution in [0, 0.1) is 0 Å². The van der Waals surface area contributed by atoms with E-state index in [1.54, 1.807) is 0 Å². The second kappa shape index (κ2) is 8.01. The molecule has 0 saturated carbocycles. The summed E-state index contributed by atoms with van der Waals surface area (Å²) in [5, 5.41) is 0.